The third-order valence-corrected chi connectivity index (χ3v) is 4.70. The molecule has 0 radical (unpaired) electrons. The maximum atomic E-state index is 11.2. The molecule has 0 atom stereocenters. The summed E-state index contributed by atoms with van der Waals surface area (Å²) in [6.07, 6.45) is 2.11. The molecule has 0 amide bonds. The summed E-state index contributed by atoms with van der Waals surface area (Å²) in [5, 5.41) is 10.0. The molecule has 1 aromatic heterocycles. The molecule has 0 saturated heterocycles. The van der Waals surface area contributed by atoms with Gasteiger partial charge in [-0.3, -0.25) is 0 Å². The number of hydrogen-bond donors (Lipinski definition) is 1. The molecule has 5 heteroatoms. The maximum absolute atomic E-state index is 11.2. The predicted octanol–water partition coefficient (Wildman–Crippen LogP) is 4.15. The molecule has 2 aromatic rings. The second kappa shape index (κ2) is 4.48. The molecule has 3 rings (SSSR count). The summed E-state index contributed by atoms with van der Waals surface area (Å²) in [6.45, 7) is 0. The lowest BCUT2D eigenvalue weighted by Gasteiger charge is -1.98. The Morgan fingerprint density at radius 3 is 2.72 bits per heavy atom. The van der Waals surface area contributed by atoms with Crippen LogP contribution in [0.5, 0.6) is 0 Å². The van der Waals surface area contributed by atoms with Gasteiger partial charge >= 0.3 is 5.97 Å². The third kappa shape index (κ3) is 2.08. The lowest BCUT2D eigenvalue weighted by molar-refractivity contribution is 0.0700. The molecular weight excluding hydrogens is 314 g/mol. The number of hydrogen-bond acceptors (Lipinski definition) is 3. The van der Waals surface area contributed by atoms with Crippen molar-refractivity contribution in [3.8, 4) is 10.6 Å². The first-order valence-corrected chi connectivity index (χ1v) is 7.26. The molecule has 1 heterocycles. The molecule has 0 bridgehead atoms. The minimum absolute atomic E-state index is 0.351. The summed E-state index contributed by atoms with van der Waals surface area (Å²) in [5.41, 5.74) is 1.72. The van der Waals surface area contributed by atoms with Crippen LogP contribution in [-0.4, -0.2) is 16.1 Å². The minimum Gasteiger partial charge on any atom is -0.477 e. The van der Waals surface area contributed by atoms with E-state index in [1.54, 1.807) is 0 Å². The molecule has 3 nitrogen and oxygen atoms in total. The highest BCUT2D eigenvalue weighted by molar-refractivity contribution is 9.10. The van der Waals surface area contributed by atoms with E-state index in [2.05, 4.69) is 20.9 Å². The van der Waals surface area contributed by atoms with Crippen molar-refractivity contribution in [1.82, 2.24) is 4.98 Å². The summed E-state index contributed by atoms with van der Waals surface area (Å²) >= 11 is 4.74. The van der Waals surface area contributed by atoms with Crippen LogP contribution in [0.1, 0.15) is 34.1 Å². The van der Waals surface area contributed by atoms with Crippen LogP contribution >= 0.6 is 27.3 Å². The minimum atomic E-state index is -0.868. The van der Waals surface area contributed by atoms with Crippen LogP contribution in [0.3, 0.4) is 0 Å². The molecular formula is C13H10BrNO2S. The fourth-order valence-corrected chi connectivity index (χ4v) is 3.50. The van der Waals surface area contributed by atoms with Gasteiger partial charge in [0.2, 0.25) is 0 Å². The van der Waals surface area contributed by atoms with Gasteiger partial charge in [-0.25, -0.2) is 9.78 Å². The van der Waals surface area contributed by atoms with Crippen molar-refractivity contribution >= 4 is 33.2 Å². The first kappa shape index (κ1) is 11.9. The number of thiazole rings is 1. The van der Waals surface area contributed by atoms with Gasteiger partial charge in [-0.1, -0.05) is 34.1 Å². The first-order chi connectivity index (χ1) is 8.66. The Labute approximate surface area is 117 Å². The second-order valence-corrected chi connectivity index (χ2v) is 6.15. The smallest absolute Gasteiger partial charge is 0.347 e. The molecule has 0 spiro atoms. The van der Waals surface area contributed by atoms with E-state index in [9.17, 15) is 9.90 Å². The Balaban J connectivity index is 2.11. The van der Waals surface area contributed by atoms with Crippen molar-refractivity contribution < 1.29 is 9.90 Å². The van der Waals surface area contributed by atoms with Crippen LogP contribution in [0.15, 0.2) is 28.7 Å². The molecule has 1 aliphatic carbocycles. The highest BCUT2D eigenvalue weighted by Gasteiger charge is 2.32. The van der Waals surface area contributed by atoms with Gasteiger partial charge in [0, 0.05) is 16.0 Å². The topological polar surface area (TPSA) is 50.2 Å². The van der Waals surface area contributed by atoms with Crippen LogP contribution in [0.2, 0.25) is 0 Å². The van der Waals surface area contributed by atoms with E-state index in [4.69, 9.17) is 0 Å². The number of halogens is 1. The molecule has 1 aliphatic rings. The van der Waals surface area contributed by atoms with Gasteiger partial charge in [-0.05, 0) is 18.9 Å². The van der Waals surface area contributed by atoms with Gasteiger partial charge in [0.25, 0.3) is 0 Å². The molecule has 1 fully saturated rings. The number of nitrogens with zero attached hydrogens (tertiary/aromatic N) is 1. The van der Waals surface area contributed by atoms with Crippen LogP contribution in [0, 0.1) is 0 Å². The lowest BCUT2D eigenvalue weighted by atomic mass is 10.2. The summed E-state index contributed by atoms with van der Waals surface area (Å²) < 4.78 is 0.943. The van der Waals surface area contributed by atoms with E-state index < -0.39 is 5.97 Å². The number of carboxylic acid groups (broad SMARTS) is 1. The highest BCUT2D eigenvalue weighted by Crippen LogP contribution is 2.44. The number of aromatic nitrogens is 1. The molecule has 0 unspecified atom stereocenters. The average molecular weight is 324 g/mol. The van der Waals surface area contributed by atoms with E-state index in [0.29, 0.717) is 10.8 Å². The fourth-order valence-electron chi connectivity index (χ4n) is 1.87. The lowest BCUT2D eigenvalue weighted by Crippen LogP contribution is -1.97. The standard InChI is InChI=1S/C13H10BrNO2S/c14-9-4-2-1-3-8(9)12-15-10(7-5-6-7)11(18-12)13(16)17/h1-4,7H,5-6H2,(H,16,17). The van der Waals surface area contributed by atoms with Gasteiger partial charge in [0.1, 0.15) is 9.88 Å². The van der Waals surface area contributed by atoms with E-state index in [1.165, 1.54) is 11.3 Å². The number of carbonyl (C=O) groups is 1. The second-order valence-electron chi connectivity index (χ2n) is 4.29. The highest BCUT2D eigenvalue weighted by atomic mass is 79.9. The molecule has 0 aliphatic heterocycles. The number of carboxylic acids is 1. The maximum Gasteiger partial charge on any atom is 0.347 e. The first-order valence-electron chi connectivity index (χ1n) is 5.65. The van der Waals surface area contributed by atoms with Gasteiger partial charge in [-0.2, -0.15) is 0 Å². The molecule has 1 N–H and O–H groups in total. The zero-order valence-corrected chi connectivity index (χ0v) is 11.8. The van der Waals surface area contributed by atoms with E-state index in [0.717, 1.165) is 33.6 Å². The van der Waals surface area contributed by atoms with Crippen molar-refractivity contribution in [2.75, 3.05) is 0 Å². The number of aromatic carboxylic acids is 1. The largest absolute Gasteiger partial charge is 0.477 e. The Bertz CT molecular complexity index is 619. The Hall–Kier alpha value is -1.20. The number of benzene rings is 1. The summed E-state index contributed by atoms with van der Waals surface area (Å²) in [4.78, 5) is 16.2. The predicted molar refractivity (Wildman–Crippen MR) is 74.2 cm³/mol. The van der Waals surface area contributed by atoms with Crippen molar-refractivity contribution in [3.63, 3.8) is 0 Å². The van der Waals surface area contributed by atoms with E-state index >= 15 is 0 Å². The summed E-state index contributed by atoms with van der Waals surface area (Å²) in [5.74, 6) is -0.517. The molecule has 92 valence electrons. The van der Waals surface area contributed by atoms with Gasteiger partial charge in [0.05, 0.1) is 5.69 Å². The van der Waals surface area contributed by atoms with Crippen molar-refractivity contribution in [3.05, 3.63) is 39.3 Å². The monoisotopic (exact) mass is 323 g/mol. The number of rotatable bonds is 3. The summed E-state index contributed by atoms with van der Waals surface area (Å²) in [6, 6.07) is 7.75. The Kier molecular flexibility index (Phi) is 2.95. The van der Waals surface area contributed by atoms with Crippen molar-refractivity contribution in [1.29, 1.82) is 0 Å². The SMILES string of the molecule is O=C(O)c1sc(-c2ccccc2Br)nc1C1CC1. The average Bonchev–Trinajstić information content (AvgIpc) is 3.09. The van der Waals surface area contributed by atoms with Crippen LogP contribution < -0.4 is 0 Å². The normalized spacial score (nSPS) is 14.7. The molecule has 18 heavy (non-hydrogen) atoms. The van der Waals surface area contributed by atoms with Gasteiger partial charge in [-0.15, -0.1) is 11.3 Å². The molecule has 1 saturated carbocycles. The molecule has 1 aromatic carbocycles. The van der Waals surface area contributed by atoms with Gasteiger partial charge < -0.3 is 5.11 Å². The van der Waals surface area contributed by atoms with Crippen molar-refractivity contribution in [2.24, 2.45) is 0 Å². The quantitative estimate of drug-likeness (QED) is 0.923. The Morgan fingerprint density at radius 1 is 1.39 bits per heavy atom. The zero-order valence-electron chi connectivity index (χ0n) is 9.39. The van der Waals surface area contributed by atoms with Crippen LogP contribution in [-0.2, 0) is 0 Å². The van der Waals surface area contributed by atoms with Crippen LogP contribution in [0.25, 0.3) is 10.6 Å². The summed E-state index contributed by atoms with van der Waals surface area (Å²) in [7, 11) is 0. The van der Waals surface area contributed by atoms with Gasteiger partial charge in [0.15, 0.2) is 0 Å². The van der Waals surface area contributed by atoms with Crippen LogP contribution in [0.4, 0.5) is 0 Å². The van der Waals surface area contributed by atoms with E-state index in [1.807, 2.05) is 24.3 Å². The Morgan fingerprint density at radius 2 is 2.11 bits per heavy atom. The van der Waals surface area contributed by atoms with E-state index in [-0.39, 0.29) is 0 Å². The van der Waals surface area contributed by atoms with Crippen molar-refractivity contribution in [2.45, 2.75) is 18.8 Å². The third-order valence-electron chi connectivity index (χ3n) is 2.92. The zero-order chi connectivity index (χ0) is 12.7. The fraction of sp³-hybridized carbons (Fsp3) is 0.231.